The zero-order chi connectivity index (χ0) is 10.5. The van der Waals surface area contributed by atoms with Gasteiger partial charge in [-0.3, -0.25) is 4.79 Å². The molecular formula is C12H14OS2. The first-order valence-electron chi connectivity index (χ1n) is 5.12. The van der Waals surface area contributed by atoms with Crippen LogP contribution in [0.3, 0.4) is 0 Å². The van der Waals surface area contributed by atoms with Crippen molar-refractivity contribution in [2.75, 3.05) is 17.3 Å². The summed E-state index contributed by atoms with van der Waals surface area (Å²) >= 11 is 3.72. The molecule has 0 radical (unpaired) electrons. The Labute approximate surface area is 99.0 Å². The van der Waals surface area contributed by atoms with Crippen LogP contribution in [0.2, 0.25) is 0 Å². The van der Waals surface area contributed by atoms with E-state index in [4.69, 9.17) is 0 Å². The van der Waals surface area contributed by atoms with Gasteiger partial charge in [0.05, 0.1) is 5.25 Å². The molecule has 0 N–H and O–H groups in total. The van der Waals surface area contributed by atoms with Crippen molar-refractivity contribution in [2.24, 2.45) is 0 Å². The molecule has 0 bridgehead atoms. The quantitative estimate of drug-likeness (QED) is 0.806. The third-order valence-corrected chi connectivity index (χ3v) is 5.20. The van der Waals surface area contributed by atoms with Crippen molar-refractivity contribution >= 4 is 29.3 Å². The van der Waals surface area contributed by atoms with E-state index in [0.29, 0.717) is 12.2 Å². The highest BCUT2D eigenvalue weighted by atomic mass is 32.2. The van der Waals surface area contributed by atoms with E-state index in [2.05, 4.69) is 0 Å². The van der Waals surface area contributed by atoms with Crippen LogP contribution >= 0.6 is 23.5 Å². The van der Waals surface area contributed by atoms with Crippen molar-refractivity contribution in [3.8, 4) is 0 Å². The van der Waals surface area contributed by atoms with Crippen molar-refractivity contribution in [1.82, 2.24) is 0 Å². The van der Waals surface area contributed by atoms with Crippen molar-refractivity contribution in [2.45, 2.75) is 11.7 Å². The van der Waals surface area contributed by atoms with E-state index in [1.807, 2.05) is 53.9 Å². The van der Waals surface area contributed by atoms with Gasteiger partial charge in [0.25, 0.3) is 0 Å². The molecule has 15 heavy (non-hydrogen) atoms. The van der Waals surface area contributed by atoms with E-state index in [-0.39, 0.29) is 5.25 Å². The van der Waals surface area contributed by atoms with Crippen LogP contribution in [0.15, 0.2) is 30.3 Å². The Morgan fingerprint density at radius 2 is 2.07 bits per heavy atom. The lowest BCUT2D eigenvalue weighted by molar-refractivity contribution is -0.117. The molecule has 1 aromatic rings. The fourth-order valence-electron chi connectivity index (χ4n) is 1.58. The van der Waals surface area contributed by atoms with Crippen LogP contribution in [0, 0.1) is 0 Å². The second-order valence-corrected chi connectivity index (χ2v) is 6.02. The smallest absolute Gasteiger partial charge is 0.151 e. The van der Waals surface area contributed by atoms with Gasteiger partial charge in [-0.1, -0.05) is 30.3 Å². The van der Waals surface area contributed by atoms with Crippen LogP contribution in [-0.2, 0) is 11.2 Å². The maximum Gasteiger partial charge on any atom is 0.151 e. The normalized spacial score (nSPS) is 21.2. The molecular weight excluding hydrogens is 224 g/mol. The van der Waals surface area contributed by atoms with Crippen molar-refractivity contribution < 1.29 is 4.79 Å². The molecule has 0 spiro atoms. The van der Waals surface area contributed by atoms with Gasteiger partial charge >= 0.3 is 0 Å². The highest BCUT2D eigenvalue weighted by Crippen LogP contribution is 2.25. The van der Waals surface area contributed by atoms with Gasteiger partial charge in [0.2, 0.25) is 0 Å². The predicted molar refractivity (Wildman–Crippen MR) is 68.7 cm³/mol. The molecule has 1 atom stereocenters. The molecule has 1 saturated heterocycles. The molecule has 1 fully saturated rings. The number of benzene rings is 1. The molecule has 2 rings (SSSR count). The lowest BCUT2D eigenvalue weighted by Crippen LogP contribution is -2.25. The third kappa shape index (κ3) is 3.28. The van der Waals surface area contributed by atoms with Crippen LogP contribution in [0.5, 0.6) is 0 Å². The summed E-state index contributed by atoms with van der Waals surface area (Å²) < 4.78 is 0. The Bertz CT molecular complexity index is 318. The molecule has 3 heteroatoms. The first-order valence-corrected chi connectivity index (χ1v) is 7.32. The standard InChI is InChI=1S/C12H14OS2/c13-11(12-9-14-6-7-15-12)8-10-4-2-1-3-5-10/h1-5,12H,6-9H2. The molecule has 0 saturated carbocycles. The average Bonchev–Trinajstić information content (AvgIpc) is 2.31. The van der Waals surface area contributed by atoms with Gasteiger partial charge < -0.3 is 0 Å². The molecule has 1 nitrogen and oxygen atoms in total. The Kier molecular flexibility index (Phi) is 4.15. The van der Waals surface area contributed by atoms with Gasteiger partial charge in [-0.15, -0.1) is 11.8 Å². The lowest BCUT2D eigenvalue weighted by atomic mass is 10.1. The summed E-state index contributed by atoms with van der Waals surface area (Å²) in [5, 5.41) is 0.226. The molecule has 80 valence electrons. The number of ketones is 1. The number of Topliss-reactive ketones (excluding diaryl/α,β-unsaturated/α-hetero) is 1. The first kappa shape index (κ1) is 11.1. The Morgan fingerprint density at radius 3 is 2.73 bits per heavy atom. The third-order valence-electron chi connectivity index (χ3n) is 2.40. The molecule has 1 aliphatic heterocycles. The largest absolute Gasteiger partial charge is 0.298 e. The van der Waals surface area contributed by atoms with E-state index < -0.39 is 0 Å². The predicted octanol–water partition coefficient (Wildman–Crippen LogP) is 2.65. The summed E-state index contributed by atoms with van der Waals surface area (Å²) in [4.78, 5) is 11.9. The van der Waals surface area contributed by atoms with Crippen molar-refractivity contribution in [3.63, 3.8) is 0 Å². The summed E-state index contributed by atoms with van der Waals surface area (Å²) in [5.74, 6) is 3.70. The van der Waals surface area contributed by atoms with Crippen LogP contribution in [0.1, 0.15) is 5.56 Å². The topological polar surface area (TPSA) is 17.1 Å². The summed E-state index contributed by atoms with van der Waals surface area (Å²) in [6.07, 6.45) is 0.596. The SMILES string of the molecule is O=C(Cc1ccccc1)C1CSCCS1. The van der Waals surface area contributed by atoms with Gasteiger partial charge in [-0.2, -0.15) is 11.8 Å². The van der Waals surface area contributed by atoms with Gasteiger partial charge in [-0.25, -0.2) is 0 Å². The Balaban J connectivity index is 1.91. The summed E-state index contributed by atoms with van der Waals surface area (Å²) in [5.41, 5.74) is 1.14. The number of hydrogen-bond acceptors (Lipinski definition) is 3. The van der Waals surface area contributed by atoms with Crippen LogP contribution in [-0.4, -0.2) is 28.3 Å². The molecule has 0 aliphatic carbocycles. The highest BCUT2D eigenvalue weighted by molar-refractivity contribution is 8.07. The van der Waals surface area contributed by atoms with E-state index in [1.165, 1.54) is 5.75 Å². The number of hydrogen-bond donors (Lipinski definition) is 0. The van der Waals surface area contributed by atoms with Crippen LogP contribution < -0.4 is 0 Å². The monoisotopic (exact) mass is 238 g/mol. The van der Waals surface area contributed by atoms with Gasteiger partial charge in [-0.05, 0) is 5.56 Å². The number of rotatable bonds is 3. The molecule has 1 aromatic carbocycles. The van der Waals surface area contributed by atoms with Crippen molar-refractivity contribution in [1.29, 1.82) is 0 Å². The maximum atomic E-state index is 11.9. The minimum absolute atomic E-state index is 0.226. The highest BCUT2D eigenvalue weighted by Gasteiger charge is 2.21. The van der Waals surface area contributed by atoms with Gasteiger partial charge in [0, 0.05) is 23.7 Å². The van der Waals surface area contributed by atoms with E-state index in [9.17, 15) is 4.79 Å². The second-order valence-electron chi connectivity index (χ2n) is 3.56. The second kappa shape index (κ2) is 5.61. The summed E-state index contributed by atoms with van der Waals surface area (Å²) in [6, 6.07) is 10.0. The van der Waals surface area contributed by atoms with E-state index in [1.54, 1.807) is 0 Å². The molecule has 0 amide bonds. The van der Waals surface area contributed by atoms with Crippen LogP contribution in [0.25, 0.3) is 0 Å². The number of thioether (sulfide) groups is 2. The van der Waals surface area contributed by atoms with Gasteiger partial charge in [0.15, 0.2) is 5.78 Å². The maximum absolute atomic E-state index is 11.9. The first-order chi connectivity index (χ1) is 7.36. The zero-order valence-electron chi connectivity index (χ0n) is 8.52. The Hall–Kier alpha value is -0.410. The average molecular weight is 238 g/mol. The van der Waals surface area contributed by atoms with Gasteiger partial charge in [0.1, 0.15) is 0 Å². The van der Waals surface area contributed by atoms with E-state index in [0.717, 1.165) is 17.1 Å². The number of carbonyl (C=O) groups is 1. The molecule has 1 aliphatic rings. The van der Waals surface area contributed by atoms with E-state index >= 15 is 0 Å². The fraction of sp³-hybridized carbons (Fsp3) is 0.417. The van der Waals surface area contributed by atoms with Crippen molar-refractivity contribution in [3.05, 3.63) is 35.9 Å². The Morgan fingerprint density at radius 1 is 1.27 bits per heavy atom. The lowest BCUT2D eigenvalue weighted by Gasteiger charge is -2.19. The molecule has 1 heterocycles. The zero-order valence-corrected chi connectivity index (χ0v) is 10.2. The summed E-state index contributed by atoms with van der Waals surface area (Å²) in [6.45, 7) is 0. The molecule has 1 unspecified atom stereocenters. The van der Waals surface area contributed by atoms with Crippen LogP contribution in [0.4, 0.5) is 0 Å². The minimum atomic E-state index is 0.226. The summed E-state index contributed by atoms with van der Waals surface area (Å²) in [7, 11) is 0. The number of carbonyl (C=O) groups excluding carboxylic acids is 1. The minimum Gasteiger partial charge on any atom is -0.298 e. The molecule has 0 aromatic heterocycles. The fourth-order valence-corrected chi connectivity index (χ4v) is 4.23.